The normalized spacial score (nSPS) is 25.1. The Hall–Kier alpha value is -2.52. The molecule has 4 N–H and O–H groups in total. The van der Waals surface area contributed by atoms with E-state index in [1.807, 2.05) is 42.5 Å². The van der Waals surface area contributed by atoms with Crippen molar-refractivity contribution in [3.05, 3.63) is 82.5 Å². The molecule has 8 heteroatoms. The predicted molar refractivity (Wildman–Crippen MR) is 123 cm³/mol. The van der Waals surface area contributed by atoms with E-state index in [9.17, 15) is 20.4 Å². The van der Waals surface area contributed by atoms with Crippen LogP contribution in [0.4, 0.5) is 0 Å². The topological polar surface area (TPSA) is 112 Å². The summed E-state index contributed by atoms with van der Waals surface area (Å²) in [6.45, 7) is -0.474. The molecular formula is C25H26ClNO6. The maximum Gasteiger partial charge on any atom is 0.212 e. The number of aliphatic hydroxyl groups excluding tert-OH is 4. The van der Waals surface area contributed by atoms with Gasteiger partial charge >= 0.3 is 0 Å². The third kappa shape index (κ3) is 5.04. The maximum absolute atomic E-state index is 10.4. The standard InChI is InChI=1S/C25H26ClNO6/c1-32-21-9-7-17(12-27-21)15-4-2-14(3-5-15)10-18-11-16(6-8-19(18)26)25-24(31)23(30)22(29)20(13-28)33-25/h2-9,11-12,20,22-25,28-31H,10,13H2,1H3/t20-,22-,23+,24-,25+/m1/s1. The van der Waals surface area contributed by atoms with Crippen molar-refractivity contribution < 1.29 is 29.9 Å². The Morgan fingerprint density at radius 2 is 1.67 bits per heavy atom. The summed E-state index contributed by atoms with van der Waals surface area (Å²) < 4.78 is 10.8. The minimum Gasteiger partial charge on any atom is -0.481 e. The third-order valence-corrected chi connectivity index (χ3v) is 6.29. The van der Waals surface area contributed by atoms with Gasteiger partial charge in [-0.15, -0.1) is 0 Å². The van der Waals surface area contributed by atoms with Gasteiger partial charge < -0.3 is 29.9 Å². The summed E-state index contributed by atoms with van der Waals surface area (Å²) in [6.07, 6.45) is -3.73. The molecule has 2 heterocycles. The fourth-order valence-corrected chi connectivity index (χ4v) is 4.18. The number of methoxy groups -OCH3 is 1. The summed E-state index contributed by atoms with van der Waals surface area (Å²) in [5.41, 5.74) is 4.46. The molecule has 0 bridgehead atoms. The summed E-state index contributed by atoms with van der Waals surface area (Å²) in [5.74, 6) is 0.560. The van der Waals surface area contributed by atoms with Crippen LogP contribution in [0.1, 0.15) is 22.8 Å². The molecule has 0 spiro atoms. The lowest BCUT2D eigenvalue weighted by Crippen LogP contribution is -2.55. The van der Waals surface area contributed by atoms with Crippen LogP contribution in [0.15, 0.2) is 60.8 Å². The van der Waals surface area contributed by atoms with E-state index in [0.717, 1.165) is 22.3 Å². The van der Waals surface area contributed by atoms with Crippen LogP contribution in [0.25, 0.3) is 11.1 Å². The molecule has 0 amide bonds. The highest BCUT2D eigenvalue weighted by atomic mass is 35.5. The van der Waals surface area contributed by atoms with E-state index >= 15 is 0 Å². The van der Waals surface area contributed by atoms with E-state index in [-0.39, 0.29) is 0 Å². The second-order valence-electron chi connectivity index (χ2n) is 8.06. The minimum absolute atomic E-state index is 0.474. The minimum atomic E-state index is -1.43. The fraction of sp³-hybridized carbons (Fsp3) is 0.320. The lowest BCUT2D eigenvalue weighted by molar-refractivity contribution is -0.231. The van der Waals surface area contributed by atoms with E-state index in [1.54, 1.807) is 25.4 Å². The number of hydrogen-bond acceptors (Lipinski definition) is 7. The molecule has 0 aliphatic carbocycles. The summed E-state index contributed by atoms with van der Waals surface area (Å²) in [7, 11) is 1.58. The first-order chi connectivity index (χ1) is 15.9. The summed E-state index contributed by atoms with van der Waals surface area (Å²) in [4.78, 5) is 4.24. The van der Waals surface area contributed by atoms with Crippen molar-refractivity contribution in [2.45, 2.75) is 36.9 Å². The second-order valence-corrected chi connectivity index (χ2v) is 8.47. The molecule has 1 aliphatic rings. The van der Waals surface area contributed by atoms with Crippen molar-refractivity contribution in [3.63, 3.8) is 0 Å². The highest BCUT2D eigenvalue weighted by Crippen LogP contribution is 2.34. The van der Waals surface area contributed by atoms with Crippen LogP contribution in [0.2, 0.25) is 5.02 Å². The molecule has 1 saturated heterocycles. The Labute approximate surface area is 196 Å². The van der Waals surface area contributed by atoms with Crippen LogP contribution >= 0.6 is 11.6 Å². The third-order valence-electron chi connectivity index (χ3n) is 5.92. The Morgan fingerprint density at radius 3 is 2.30 bits per heavy atom. The van der Waals surface area contributed by atoms with E-state index in [2.05, 4.69) is 4.98 Å². The van der Waals surface area contributed by atoms with Gasteiger partial charge in [-0.05, 0) is 40.8 Å². The molecule has 1 aromatic heterocycles. The quantitative estimate of drug-likeness (QED) is 0.437. The van der Waals surface area contributed by atoms with Crippen molar-refractivity contribution in [2.75, 3.05) is 13.7 Å². The molecular weight excluding hydrogens is 446 g/mol. The van der Waals surface area contributed by atoms with Gasteiger partial charge in [-0.3, -0.25) is 0 Å². The Bertz CT molecular complexity index is 1070. The van der Waals surface area contributed by atoms with Crippen LogP contribution < -0.4 is 4.74 Å². The summed E-state index contributed by atoms with van der Waals surface area (Å²) in [5, 5.41) is 40.6. The van der Waals surface area contributed by atoms with Crippen LogP contribution in [-0.2, 0) is 11.2 Å². The van der Waals surface area contributed by atoms with Gasteiger partial charge in [0.05, 0.1) is 13.7 Å². The Morgan fingerprint density at radius 1 is 0.939 bits per heavy atom. The monoisotopic (exact) mass is 471 g/mol. The van der Waals surface area contributed by atoms with Gasteiger partial charge in [0.15, 0.2) is 0 Å². The average molecular weight is 472 g/mol. The largest absolute Gasteiger partial charge is 0.481 e. The smallest absolute Gasteiger partial charge is 0.212 e. The predicted octanol–water partition coefficient (Wildman–Crippen LogP) is 2.52. The van der Waals surface area contributed by atoms with Crippen LogP contribution in [0.5, 0.6) is 5.88 Å². The number of aliphatic hydroxyl groups is 4. The molecule has 1 fully saturated rings. The first-order valence-electron chi connectivity index (χ1n) is 10.6. The van der Waals surface area contributed by atoms with Crippen molar-refractivity contribution in [1.29, 1.82) is 0 Å². The zero-order valence-corrected chi connectivity index (χ0v) is 18.8. The zero-order chi connectivity index (χ0) is 23.5. The van der Waals surface area contributed by atoms with Crippen LogP contribution in [0.3, 0.4) is 0 Å². The maximum atomic E-state index is 10.4. The molecule has 3 aromatic rings. The van der Waals surface area contributed by atoms with Crippen LogP contribution in [0, 0.1) is 0 Å². The fourth-order valence-electron chi connectivity index (χ4n) is 3.99. The molecule has 0 radical (unpaired) electrons. The van der Waals surface area contributed by atoms with E-state index < -0.39 is 37.1 Å². The molecule has 1 aliphatic heterocycles. The number of aromatic nitrogens is 1. The SMILES string of the molecule is COc1ccc(-c2ccc(Cc3cc([C@@H]4O[C@H](CO)[C@@H](O)[C@H](O)[C@H]4O)ccc3Cl)cc2)cn1. The highest BCUT2D eigenvalue weighted by molar-refractivity contribution is 6.31. The zero-order valence-electron chi connectivity index (χ0n) is 18.0. The number of nitrogens with zero attached hydrogens (tertiary/aromatic N) is 1. The molecule has 174 valence electrons. The number of benzene rings is 2. The van der Waals surface area contributed by atoms with Gasteiger partial charge in [0.1, 0.15) is 30.5 Å². The van der Waals surface area contributed by atoms with Gasteiger partial charge in [0.2, 0.25) is 5.88 Å². The molecule has 0 saturated carbocycles. The lowest BCUT2D eigenvalue weighted by atomic mass is 9.90. The van der Waals surface area contributed by atoms with Gasteiger partial charge in [-0.25, -0.2) is 4.98 Å². The van der Waals surface area contributed by atoms with Gasteiger partial charge in [0.25, 0.3) is 0 Å². The molecule has 0 unspecified atom stereocenters. The first-order valence-corrected chi connectivity index (χ1v) is 11.0. The van der Waals surface area contributed by atoms with Crippen molar-refractivity contribution >= 4 is 11.6 Å². The average Bonchev–Trinajstić information content (AvgIpc) is 2.85. The van der Waals surface area contributed by atoms with Crippen LogP contribution in [-0.4, -0.2) is 63.5 Å². The number of hydrogen-bond donors (Lipinski definition) is 4. The first kappa shape index (κ1) is 23.6. The van der Waals surface area contributed by atoms with Gasteiger partial charge in [-0.1, -0.05) is 48.0 Å². The Balaban J connectivity index is 1.53. The molecule has 2 aromatic carbocycles. The number of halogens is 1. The second kappa shape index (κ2) is 10.2. The summed E-state index contributed by atoms with van der Waals surface area (Å²) in [6, 6.07) is 17.0. The van der Waals surface area contributed by atoms with Gasteiger partial charge in [-0.2, -0.15) is 0 Å². The van der Waals surface area contributed by atoms with E-state index in [4.69, 9.17) is 21.1 Å². The molecule has 33 heavy (non-hydrogen) atoms. The number of pyridine rings is 1. The van der Waals surface area contributed by atoms with E-state index in [0.29, 0.717) is 22.9 Å². The van der Waals surface area contributed by atoms with E-state index in [1.165, 1.54) is 0 Å². The molecule has 7 nitrogen and oxygen atoms in total. The lowest BCUT2D eigenvalue weighted by Gasteiger charge is -2.40. The van der Waals surface area contributed by atoms with Crippen molar-refractivity contribution in [2.24, 2.45) is 0 Å². The number of ether oxygens (including phenoxy) is 2. The highest BCUT2D eigenvalue weighted by Gasteiger charge is 2.44. The summed E-state index contributed by atoms with van der Waals surface area (Å²) >= 11 is 6.43. The van der Waals surface area contributed by atoms with Crippen molar-refractivity contribution in [1.82, 2.24) is 4.98 Å². The number of rotatable bonds is 6. The van der Waals surface area contributed by atoms with Crippen molar-refractivity contribution in [3.8, 4) is 17.0 Å². The van der Waals surface area contributed by atoms with Gasteiger partial charge in [0, 0.05) is 22.8 Å². The molecule has 5 atom stereocenters. The molecule has 4 rings (SSSR count). The Kier molecular flexibility index (Phi) is 7.29.